The van der Waals surface area contributed by atoms with Gasteiger partial charge in [-0.1, -0.05) is 78.9 Å². The zero-order valence-corrected chi connectivity index (χ0v) is 39.4. The number of hydrogen-bond acceptors (Lipinski definition) is 10. The van der Waals surface area contributed by atoms with E-state index in [0.717, 1.165) is 95.4 Å². The fourth-order valence-corrected chi connectivity index (χ4v) is 8.69. The minimum atomic E-state index is 0.611. The second-order valence-corrected chi connectivity index (χ2v) is 17.2. The monoisotopic (exact) mass is 894 g/mol. The number of ether oxygens (including phenoxy) is 6. The summed E-state index contributed by atoms with van der Waals surface area (Å²) in [6, 6.07) is 38.9. The second kappa shape index (κ2) is 23.5. The highest BCUT2D eigenvalue weighted by Crippen LogP contribution is 2.36. The first-order chi connectivity index (χ1) is 31.8. The van der Waals surface area contributed by atoms with Crippen molar-refractivity contribution in [3.8, 4) is 34.5 Å². The van der Waals surface area contributed by atoms with E-state index in [-0.39, 0.29) is 0 Å². The third kappa shape index (κ3) is 12.7. The summed E-state index contributed by atoms with van der Waals surface area (Å²) >= 11 is 1.88. The van der Waals surface area contributed by atoms with Crippen LogP contribution in [0.4, 0.5) is 11.4 Å². The minimum Gasteiger partial charge on any atom is -0.491 e. The van der Waals surface area contributed by atoms with Crippen LogP contribution in [0.25, 0.3) is 11.0 Å². The molecule has 0 aliphatic carbocycles. The first-order valence-electron chi connectivity index (χ1n) is 22.5. The van der Waals surface area contributed by atoms with Crippen molar-refractivity contribution in [3.05, 3.63) is 160 Å². The molecule has 5 aliphatic heterocycles. The molecule has 0 bridgehead atoms. The average molecular weight is 895 g/mol. The van der Waals surface area contributed by atoms with E-state index in [0.29, 0.717) is 19.9 Å². The highest BCUT2D eigenvalue weighted by molar-refractivity contribution is 7.99. The van der Waals surface area contributed by atoms with Gasteiger partial charge in [0.25, 0.3) is 0 Å². The molecule has 9 nitrogen and oxygen atoms in total. The van der Waals surface area contributed by atoms with Gasteiger partial charge in [-0.3, -0.25) is 0 Å². The van der Waals surface area contributed by atoms with E-state index in [1.807, 2.05) is 118 Å². The van der Waals surface area contributed by atoms with Crippen LogP contribution < -0.4 is 39.1 Å². The van der Waals surface area contributed by atoms with Gasteiger partial charge < -0.3 is 43.5 Å². The van der Waals surface area contributed by atoms with Gasteiger partial charge in [-0.15, -0.1) is 11.8 Å². The normalized spacial score (nSPS) is 14.2. The molecule has 12 rings (SSSR count). The Hall–Kier alpha value is -6.39. The third-order valence-corrected chi connectivity index (χ3v) is 12.2. The number of anilines is 2. The van der Waals surface area contributed by atoms with Crippen LogP contribution in [0.2, 0.25) is 0 Å². The predicted molar refractivity (Wildman–Crippen MR) is 266 cm³/mol. The maximum atomic E-state index is 5.55. The number of furan rings is 1. The average Bonchev–Trinajstić information content (AvgIpc) is 3.97. The van der Waals surface area contributed by atoms with Crippen molar-refractivity contribution >= 4 is 34.1 Å². The van der Waals surface area contributed by atoms with Gasteiger partial charge in [0.2, 0.25) is 0 Å². The molecule has 65 heavy (non-hydrogen) atoms. The lowest BCUT2D eigenvalue weighted by molar-refractivity contribution is 0.170. The topological polar surface area (TPSA) is 92.6 Å². The summed E-state index contributed by atoms with van der Waals surface area (Å²) in [7, 11) is 0. The first-order valence-corrected chi connectivity index (χ1v) is 23.5. The number of fused-ring (bicyclic) bond motifs is 6. The van der Waals surface area contributed by atoms with Crippen molar-refractivity contribution in [3.63, 3.8) is 0 Å². The van der Waals surface area contributed by atoms with Crippen molar-refractivity contribution in [2.75, 3.05) is 62.7 Å². The highest BCUT2D eigenvalue weighted by atomic mass is 32.2. The van der Waals surface area contributed by atoms with E-state index in [4.69, 9.17) is 32.8 Å². The Morgan fingerprint density at radius 2 is 1.02 bits per heavy atom. The van der Waals surface area contributed by atoms with E-state index in [9.17, 15) is 0 Å². The SMILES string of the molecule is Cc1cccc2c1CCCN2.Cc1cccc2c1OCCCO2.Cc1cccc2c1OCCO2.Cc1cccc2c1OCCS2.Cc1cccc2c1OCN2.Cc1cccc2ccoc12. The van der Waals surface area contributed by atoms with Crippen LogP contribution in [0.15, 0.2) is 131 Å². The Morgan fingerprint density at radius 3 is 1.72 bits per heavy atom. The van der Waals surface area contributed by atoms with Crippen LogP contribution in [-0.4, -0.2) is 52.1 Å². The van der Waals surface area contributed by atoms with E-state index in [1.54, 1.807) is 6.26 Å². The molecule has 1 aromatic heterocycles. The van der Waals surface area contributed by atoms with E-state index in [1.165, 1.54) is 56.6 Å². The van der Waals surface area contributed by atoms with Crippen molar-refractivity contribution in [1.82, 2.24) is 0 Å². The second-order valence-electron chi connectivity index (χ2n) is 16.1. The van der Waals surface area contributed by atoms with E-state index in [2.05, 4.69) is 60.9 Å². The van der Waals surface area contributed by atoms with Crippen LogP contribution in [0.3, 0.4) is 0 Å². The van der Waals surface area contributed by atoms with Crippen LogP contribution >= 0.6 is 11.8 Å². The molecule has 0 atom stereocenters. The van der Waals surface area contributed by atoms with Crippen LogP contribution in [0.1, 0.15) is 51.8 Å². The quantitative estimate of drug-likeness (QED) is 0.153. The Labute approximate surface area is 388 Å². The summed E-state index contributed by atoms with van der Waals surface area (Å²) in [5.41, 5.74) is 12.3. The Bertz CT molecular complexity index is 2490. The summed E-state index contributed by atoms with van der Waals surface area (Å²) in [5, 5.41) is 7.70. The molecule has 0 radical (unpaired) electrons. The number of hydrogen-bond donors (Lipinski definition) is 2. The number of thioether (sulfide) groups is 1. The zero-order valence-electron chi connectivity index (χ0n) is 38.6. The Kier molecular flexibility index (Phi) is 16.9. The van der Waals surface area contributed by atoms with Gasteiger partial charge in [0.1, 0.15) is 30.3 Å². The lowest BCUT2D eigenvalue weighted by Crippen LogP contribution is -2.15. The number of nitrogens with one attached hydrogen (secondary N) is 2. The molecule has 0 amide bonds. The van der Waals surface area contributed by atoms with Gasteiger partial charge in [-0.05, 0) is 130 Å². The third-order valence-electron chi connectivity index (χ3n) is 11.2. The molecule has 0 fully saturated rings. The molecule has 0 unspecified atom stereocenters. The van der Waals surface area contributed by atoms with E-state index >= 15 is 0 Å². The molecule has 10 heteroatoms. The zero-order chi connectivity index (χ0) is 45.4. The molecular formula is C55H62N2O7S. The molecule has 340 valence electrons. The molecule has 7 aromatic rings. The van der Waals surface area contributed by atoms with E-state index < -0.39 is 0 Å². The maximum absolute atomic E-state index is 5.55. The summed E-state index contributed by atoms with van der Waals surface area (Å²) in [5.74, 6) is 6.74. The van der Waals surface area contributed by atoms with Crippen LogP contribution in [0, 0.1) is 41.5 Å². The molecule has 5 aliphatic rings. The van der Waals surface area contributed by atoms with Crippen molar-refractivity contribution < 1.29 is 32.8 Å². The van der Waals surface area contributed by atoms with Gasteiger partial charge in [0.15, 0.2) is 29.7 Å². The lowest BCUT2D eigenvalue weighted by Gasteiger charge is -2.19. The van der Waals surface area contributed by atoms with Crippen LogP contribution in [0.5, 0.6) is 34.5 Å². The van der Waals surface area contributed by atoms with Gasteiger partial charge in [0.05, 0.1) is 31.8 Å². The first kappa shape index (κ1) is 46.6. The van der Waals surface area contributed by atoms with Gasteiger partial charge >= 0.3 is 0 Å². The number of benzene rings is 6. The van der Waals surface area contributed by atoms with Crippen LogP contribution in [-0.2, 0) is 6.42 Å². The fraction of sp³-hybridized carbons (Fsp3) is 0.309. The fourth-order valence-electron chi connectivity index (χ4n) is 7.78. The molecular weight excluding hydrogens is 833 g/mol. The number of para-hydroxylation sites is 5. The lowest BCUT2D eigenvalue weighted by atomic mass is 9.99. The largest absolute Gasteiger partial charge is 0.491 e. The number of rotatable bonds is 0. The maximum Gasteiger partial charge on any atom is 0.164 e. The van der Waals surface area contributed by atoms with Gasteiger partial charge in [0, 0.05) is 34.7 Å². The van der Waals surface area contributed by atoms with Crippen molar-refractivity contribution in [1.29, 1.82) is 0 Å². The smallest absolute Gasteiger partial charge is 0.164 e. The molecule has 6 heterocycles. The summed E-state index contributed by atoms with van der Waals surface area (Å²) in [6.45, 7) is 17.9. The standard InChI is InChI=1S/C10H13N.C10H12O2.C9H10O2.C9H10OS.C9H8O.C8H9NO/c1-8-4-2-6-10-9(8)5-3-7-11-10;1-8-4-2-5-9-10(8)12-7-3-6-11-9;1-7-3-2-4-8-9(7)11-6-5-10-8;1-7-3-2-4-8-9(7)10-5-6-11-8;1-7-3-2-4-8-5-6-10-9(7)8;1-6-3-2-4-7-8(6)10-5-9-7/h2,4,6,11H,3,5,7H2,1H3;2,4-5H,3,6-7H2,1H3;2*2-4H,5-6H2,1H3;2-6H,1H3;2-4,9H,5H2,1H3. The van der Waals surface area contributed by atoms with Crippen molar-refractivity contribution in [2.45, 2.75) is 65.7 Å². The van der Waals surface area contributed by atoms with Crippen molar-refractivity contribution in [2.24, 2.45) is 0 Å². The Balaban J connectivity index is 0.000000116. The minimum absolute atomic E-state index is 0.611. The van der Waals surface area contributed by atoms with Gasteiger partial charge in [-0.25, -0.2) is 0 Å². The Morgan fingerprint density at radius 1 is 0.446 bits per heavy atom. The molecule has 2 N–H and O–H groups in total. The molecule has 6 aromatic carbocycles. The molecule has 0 spiro atoms. The highest BCUT2D eigenvalue weighted by Gasteiger charge is 2.15. The molecule has 0 saturated carbocycles. The number of aryl methyl sites for hydroxylation is 6. The summed E-state index contributed by atoms with van der Waals surface area (Å²) in [6.07, 6.45) is 5.21. The molecule has 0 saturated heterocycles. The van der Waals surface area contributed by atoms with Gasteiger partial charge in [-0.2, -0.15) is 0 Å². The summed E-state index contributed by atoms with van der Waals surface area (Å²) in [4.78, 5) is 1.29. The summed E-state index contributed by atoms with van der Waals surface area (Å²) < 4.78 is 38.0. The predicted octanol–water partition coefficient (Wildman–Crippen LogP) is 13.3.